The summed E-state index contributed by atoms with van der Waals surface area (Å²) in [6.07, 6.45) is 0. The zero-order valence-electron chi connectivity index (χ0n) is 19.9. The molecule has 1 amide bonds. The molecule has 4 aromatic rings. The largest absolute Gasteiger partial charge is 0.507 e. The van der Waals surface area contributed by atoms with Crippen LogP contribution >= 0.6 is 27.3 Å². The molecule has 186 valence electrons. The van der Waals surface area contributed by atoms with Crippen LogP contribution in [0.25, 0.3) is 16.0 Å². The van der Waals surface area contributed by atoms with E-state index in [0.29, 0.717) is 41.0 Å². The van der Waals surface area contributed by atoms with Crippen molar-refractivity contribution < 1.29 is 24.2 Å². The lowest BCUT2D eigenvalue weighted by atomic mass is 9.95. The topological polar surface area (TPSA) is 89.0 Å². The zero-order chi connectivity index (χ0) is 25.8. The molecule has 6 rings (SSSR count). The number of fused-ring (bicyclic) bond motifs is 2. The molecule has 7 nitrogen and oxygen atoms in total. The first-order chi connectivity index (χ1) is 17.8. The SMILES string of the molecule is Cc1cc(C)c2nc(N3C(=O)C(=O)C(=C(O)c4ccc5c(c4)OCCO5)[C@H]3c3cccc(Br)c3)sc2c1. The van der Waals surface area contributed by atoms with Gasteiger partial charge in [0, 0.05) is 10.0 Å². The highest BCUT2D eigenvalue weighted by molar-refractivity contribution is 9.10. The Kier molecular flexibility index (Phi) is 5.77. The quantitative estimate of drug-likeness (QED) is 0.181. The first-order valence-electron chi connectivity index (χ1n) is 11.7. The fraction of sp³-hybridized carbons (Fsp3) is 0.179. The second-order valence-electron chi connectivity index (χ2n) is 9.01. The van der Waals surface area contributed by atoms with E-state index in [4.69, 9.17) is 14.5 Å². The lowest BCUT2D eigenvalue weighted by Gasteiger charge is -2.23. The predicted octanol–water partition coefficient (Wildman–Crippen LogP) is 6.07. The van der Waals surface area contributed by atoms with Gasteiger partial charge in [-0.3, -0.25) is 14.5 Å². The van der Waals surface area contributed by atoms with Crippen molar-refractivity contribution in [1.82, 2.24) is 4.98 Å². The molecule has 0 aliphatic carbocycles. The maximum atomic E-state index is 13.5. The Bertz CT molecular complexity index is 1640. The molecular formula is C28H21BrN2O5S. The summed E-state index contributed by atoms with van der Waals surface area (Å²) in [5, 5.41) is 11.9. The Morgan fingerprint density at radius 2 is 1.84 bits per heavy atom. The van der Waals surface area contributed by atoms with Crippen LogP contribution in [0.5, 0.6) is 11.5 Å². The Morgan fingerprint density at radius 1 is 1.05 bits per heavy atom. The molecule has 3 aromatic carbocycles. The molecule has 0 unspecified atom stereocenters. The van der Waals surface area contributed by atoms with Gasteiger partial charge in [-0.1, -0.05) is 45.5 Å². The molecule has 2 aliphatic heterocycles. The van der Waals surface area contributed by atoms with Gasteiger partial charge in [0.15, 0.2) is 16.6 Å². The monoisotopic (exact) mass is 576 g/mol. The van der Waals surface area contributed by atoms with Gasteiger partial charge in [-0.15, -0.1) is 0 Å². The maximum Gasteiger partial charge on any atom is 0.301 e. The lowest BCUT2D eigenvalue weighted by Crippen LogP contribution is -2.29. The molecule has 1 aromatic heterocycles. The van der Waals surface area contributed by atoms with Crippen molar-refractivity contribution >= 4 is 60.1 Å². The third-order valence-electron chi connectivity index (χ3n) is 6.45. The number of aliphatic hydroxyl groups is 1. The number of halogens is 1. The van der Waals surface area contributed by atoms with Crippen molar-refractivity contribution in [3.05, 3.63) is 86.9 Å². The lowest BCUT2D eigenvalue weighted by molar-refractivity contribution is -0.132. The summed E-state index contributed by atoms with van der Waals surface area (Å²) in [6.45, 7) is 4.80. The van der Waals surface area contributed by atoms with Crippen LogP contribution in [0.4, 0.5) is 5.13 Å². The number of rotatable bonds is 3. The van der Waals surface area contributed by atoms with Gasteiger partial charge in [0.05, 0.1) is 21.8 Å². The predicted molar refractivity (Wildman–Crippen MR) is 145 cm³/mol. The summed E-state index contributed by atoms with van der Waals surface area (Å²) in [7, 11) is 0. The number of aromatic nitrogens is 1. The second kappa shape index (κ2) is 9.00. The van der Waals surface area contributed by atoms with Crippen molar-refractivity contribution in [2.75, 3.05) is 18.1 Å². The number of ketones is 1. The van der Waals surface area contributed by atoms with Gasteiger partial charge in [-0.25, -0.2) is 4.98 Å². The molecule has 37 heavy (non-hydrogen) atoms. The van der Waals surface area contributed by atoms with E-state index in [1.807, 2.05) is 50.2 Å². The van der Waals surface area contributed by atoms with E-state index in [1.54, 1.807) is 18.2 Å². The Balaban J connectivity index is 1.55. The van der Waals surface area contributed by atoms with E-state index in [1.165, 1.54) is 16.2 Å². The van der Waals surface area contributed by atoms with Crippen LogP contribution in [0.15, 0.2) is 64.6 Å². The highest BCUT2D eigenvalue weighted by Gasteiger charge is 2.48. The molecule has 0 bridgehead atoms. The van der Waals surface area contributed by atoms with Crippen LogP contribution in [-0.4, -0.2) is 35.0 Å². The third kappa shape index (κ3) is 3.98. The van der Waals surface area contributed by atoms with Crippen LogP contribution in [0.1, 0.15) is 28.3 Å². The average Bonchev–Trinajstić information content (AvgIpc) is 3.42. The van der Waals surface area contributed by atoms with Crippen molar-refractivity contribution in [3.8, 4) is 11.5 Å². The fourth-order valence-corrected chi connectivity index (χ4v) is 6.42. The number of thiazole rings is 1. The standard InChI is InChI=1S/C28H21BrN2O5S/c1-14-10-15(2)23-21(11-14)37-28(30-23)31-24(16-4-3-5-18(29)12-16)22(26(33)27(31)34)25(32)17-6-7-19-20(13-17)36-9-8-35-19/h3-7,10-13,24,32H,8-9H2,1-2H3/t24-/m1/s1. The number of ether oxygens (including phenoxy) is 2. The Labute approximate surface area is 225 Å². The third-order valence-corrected chi connectivity index (χ3v) is 7.94. The number of carbonyl (C=O) groups excluding carboxylic acids is 2. The molecule has 9 heteroatoms. The molecule has 2 aliphatic rings. The van der Waals surface area contributed by atoms with E-state index in [9.17, 15) is 14.7 Å². The molecule has 1 fully saturated rings. The van der Waals surface area contributed by atoms with Gasteiger partial charge in [0.2, 0.25) is 0 Å². The van der Waals surface area contributed by atoms with Gasteiger partial charge < -0.3 is 14.6 Å². The van der Waals surface area contributed by atoms with Crippen molar-refractivity contribution in [3.63, 3.8) is 0 Å². The summed E-state index contributed by atoms with van der Waals surface area (Å²) < 4.78 is 13.0. The number of hydrogen-bond acceptors (Lipinski definition) is 7. The van der Waals surface area contributed by atoms with Gasteiger partial charge in [0.25, 0.3) is 5.78 Å². The van der Waals surface area contributed by atoms with Gasteiger partial charge in [-0.05, 0) is 66.9 Å². The molecule has 1 atom stereocenters. The van der Waals surface area contributed by atoms with Gasteiger partial charge >= 0.3 is 5.91 Å². The highest BCUT2D eigenvalue weighted by Crippen LogP contribution is 2.45. The minimum absolute atomic E-state index is 0.00747. The maximum absolute atomic E-state index is 13.5. The first-order valence-corrected chi connectivity index (χ1v) is 13.3. The van der Waals surface area contributed by atoms with Crippen molar-refractivity contribution in [2.24, 2.45) is 0 Å². The van der Waals surface area contributed by atoms with Crippen LogP contribution in [0.2, 0.25) is 0 Å². The minimum Gasteiger partial charge on any atom is -0.507 e. The van der Waals surface area contributed by atoms with Crippen LogP contribution in [-0.2, 0) is 9.59 Å². The molecular weight excluding hydrogens is 556 g/mol. The molecule has 1 N–H and O–H groups in total. The van der Waals surface area contributed by atoms with Crippen molar-refractivity contribution in [2.45, 2.75) is 19.9 Å². The summed E-state index contributed by atoms with van der Waals surface area (Å²) in [5.41, 5.74) is 3.88. The number of nitrogens with zero attached hydrogens (tertiary/aromatic N) is 2. The van der Waals surface area contributed by atoms with E-state index in [2.05, 4.69) is 15.9 Å². The minimum atomic E-state index is -0.868. The van der Waals surface area contributed by atoms with E-state index < -0.39 is 17.7 Å². The van der Waals surface area contributed by atoms with Gasteiger partial charge in [0.1, 0.15) is 19.0 Å². The molecule has 0 spiro atoms. The first kappa shape index (κ1) is 23.7. The Morgan fingerprint density at radius 3 is 2.62 bits per heavy atom. The summed E-state index contributed by atoms with van der Waals surface area (Å²) in [6, 6.07) is 15.5. The highest BCUT2D eigenvalue weighted by atomic mass is 79.9. The summed E-state index contributed by atoms with van der Waals surface area (Å²) in [4.78, 5) is 33.2. The number of anilines is 1. The molecule has 0 saturated carbocycles. The number of Topliss-reactive ketones (excluding diaryl/α,β-unsaturated/α-hetero) is 1. The number of benzene rings is 3. The number of hydrogen-bond donors (Lipinski definition) is 1. The normalized spacial score (nSPS) is 18.6. The van der Waals surface area contributed by atoms with Crippen molar-refractivity contribution in [1.29, 1.82) is 0 Å². The fourth-order valence-electron chi connectivity index (χ4n) is 4.83. The molecule has 0 radical (unpaired) electrons. The smallest absolute Gasteiger partial charge is 0.301 e. The van der Waals surface area contributed by atoms with E-state index in [0.717, 1.165) is 25.8 Å². The molecule has 3 heterocycles. The number of aliphatic hydroxyl groups excluding tert-OH is 1. The van der Waals surface area contributed by atoms with E-state index >= 15 is 0 Å². The number of aryl methyl sites for hydroxylation is 2. The summed E-state index contributed by atoms with van der Waals surface area (Å²) >= 11 is 4.84. The number of amides is 1. The van der Waals surface area contributed by atoms with E-state index in [-0.39, 0.29) is 11.3 Å². The van der Waals surface area contributed by atoms with Crippen LogP contribution < -0.4 is 14.4 Å². The van der Waals surface area contributed by atoms with Crippen LogP contribution in [0, 0.1) is 13.8 Å². The number of carbonyl (C=O) groups is 2. The average molecular weight is 577 g/mol. The molecule has 1 saturated heterocycles. The summed E-state index contributed by atoms with van der Waals surface area (Å²) in [5.74, 6) is -0.759. The second-order valence-corrected chi connectivity index (χ2v) is 10.9. The Hall–Kier alpha value is -3.69. The van der Waals surface area contributed by atoms with Crippen LogP contribution in [0.3, 0.4) is 0 Å². The van der Waals surface area contributed by atoms with Gasteiger partial charge in [-0.2, -0.15) is 0 Å². The zero-order valence-corrected chi connectivity index (χ0v) is 22.4.